The molecule has 1 unspecified atom stereocenters. The number of carbonyl (C=O) groups excluding carboxylic acids is 1. The van der Waals surface area contributed by atoms with Gasteiger partial charge in [-0.2, -0.15) is 0 Å². The molecular weight excluding hydrogens is 272 g/mol. The highest BCUT2D eigenvalue weighted by Crippen LogP contribution is 2.34. The summed E-state index contributed by atoms with van der Waals surface area (Å²) in [5.41, 5.74) is 9.94. The summed E-state index contributed by atoms with van der Waals surface area (Å²) < 4.78 is 0. The molecule has 0 saturated carbocycles. The molecule has 3 heteroatoms. The Morgan fingerprint density at radius 3 is 2.59 bits per heavy atom. The van der Waals surface area contributed by atoms with Crippen LogP contribution in [0.15, 0.2) is 48.5 Å². The van der Waals surface area contributed by atoms with Crippen LogP contribution in [0.2, 0.25) is 0 Å². The van der Waals surface area contributed by atoms with Crippen LogP contribution in [-0.4, -0.2) is 17.4 Å². The van der Waals surface area contributed by atoms with Crippen molar-refractivity contribution in [2.75, 3.05) is 6.54 Å². The van der Waals surface area contributed by atoms with Gasteiger partial charge < -0.3 is 10.6 Å². The fourth-order valence-corrected chi connectivity index (χ4v) is 3.24. The molecule has 1 aliphatic heterocycles. The molecule has 2 N–H and O–H groups in total. The minimum atomic E-state index is 0.120. The fourth-order valence-electron chi connectivity index (χ4n) is 3.24. The van der Waals surface area contributed by atoms with E-state index in [2.05, 4.69) is 25.1 Å². The van der Waals surface area contributed by atoms with Crippen molar-refractivity contribution in [3.63, 3.8) is 0 Å². The summed E-state index contributed by atoms with van der Waals surface area (Å²) in [6.45, 7) is 3.45. The quantitative estimate of drug-likeness (QED) is 0.942. The Kier molecular flexibility index (Phi) is 4.25. The molecule has 1 heterocycles. The highest BCUT2D eigenvalue weighted by molar-refractivity contribution is 5.94. The van der Waals surface area contributed by atoms with E-state index >= 15 is 0 Å². The molecule has 0 radical (unpaired) electrons. The zero-order valence-corrected chi connectivity index (χ0v) is 13.0. The van der Waals surface area contributed by atoms with Crippen LogP contribution in [0, 0.1) is 6.92 Å². The van der Waals surface area contributed by atoms with E-state index in [1.807, 2.05) is 35.2 Å². The lowest BCUT2D eigenvalue weighted by Crippen LogP contribution is -2.30. The van der Waals surface area contributed by atoms with E-state index in [1.54, 1.807) is 0 Å². The lowest BCUT2D eigenvalue weighted by Gasteiger charge is -2.26. The van der Waals surface area contributed by atoms with Crippen LogP contribution in [0.1, 0.15) is 45.9 Å². The van der Waals surface area contributed by atoms with Crippen LogP contribution in [0.25, 0.3) is 0 Å². The molecule has 0 spiro atoms. The van der Waals surface area contributed by atoms with Crippen molar-refractivity contribution in [3.05, 3.63) is 70.8 Å². The lowest BCUT2D eigenvalue weighted by molar-refractivity contribution is 0.0735. The number of aryl methyl sites for hydroxylation is 1. The van der Waals surface area contributed by atoms with Crippen molar-refractivity contribution in [3.8, 4) is 0 Å². The molecule has 1 atom stereocenters. The molecular formula is C19H22N2O. The van der Waals surface area contributed by atoms with Gasteiger partial charge in [-0.05, 0) is 48.6 Å². The SMILES string of the molecule is Cc1ccccc1C1CCCN1C(=O)c1ccc(CN)cc1. The second-order valence-corrected chi connectivity index (χ2v) is 5.91. The third-order valence-electron chi connectivity index (χ3n) is 4.50. The number of carbonyl (C=O) groups is 1. The number of hydrogen-bond acceptors (Lipinski definition) is 2. The van der Waals surface area contributed by atoms with E-state index in [-0.39, 0.29) is 11.9 Å². The van der Waals surface area contributed by atoms with Crippen LogP contribution in [0.4, 0.5) is 0 Å². The summed E-state index contributed by atoms with van der Waals surface area (Å²) in [6.07, 6.45) is 2.10. The highest BCUT2D eigenvalue weighted by Gasteiger charge is 2.31. The average molecular weight is 294 g/mol. The van der Waals surface area contributed by atoms with Crippen molar-refractivity contribution < 1.29 is 4.79 Å². The normalized spacial score (nSPS) is 17.7. The Morgan fingerprint density at radius 1 is 1.18 bits per heavy atom. The molecule has 114 valence electrons. The molecule has 1 amide bonds. The van der Waals surface area contributed by atoms with Crippen molar-refractivity contribution in [1.29, 1.82) is 0 Å². The topological polar surface area (TPSA) is 46.3 Å². The predicted molar refractivity (Wildman–Crippen MR) is 88.5 cm³/mol. The minimum Gasteiger partial charge on any atom is -0.332 e. The molecule has 0 bridgehead atoms. The first-order valence-corrected chi connectivity index (χ1v) is 7.86. The largest absolute Gasteiger partial charge is 0.332 e. The van der Waals surface area contributed by atoms with Crippen LogP contribution in [-0.2, 0) is 6.54 Å². The Bertz CT molecular complexity index is 663. The molecule has 2 aromatic carbocycles. The molecule has 0 aliphatic carbocycles. The summed E-state index contributed by atoms with van der Waals surface area (Å²) >= 11 is 0. The van der Waals surface area contributed by atoms with E-state index in [9.17, 15) is 4.79 Å². The monoisotopic (exact) mass is 294 g/mol. The molecule has 1 aliphatic rings. The van der Waals surface area contributed by atoms with Crippen molar-refractivity contribution in [2.24, 2.45) is 5.73 Å². The van der Waals surface area contributed by atoms with Gasteiger partial charge in [0.05, 0.1) is 6.04 Å². The lowest BCUT2D eigenvalue weighted by atomic mass is 9.99. The number of likely N-dealkylation sites (tertiary alicyclic amines) is 1. The molecule has 2 aromatic rings. The van der Waals surface area contributed by atoms with Gasteiger partial charge in [0.25, 0.3) is 5.91 Å². The van der Waals surface area contributed by atoms with Gasteiger partial charge in [0.1, 0.15) is 0 Å². The summed E-state index contributed by atoms with van der Waals surface area (Å²) in [7, 11) is 0. The standard InChI is InChI=1S/C19H22N2O/c1-14-5-2-3-6-17(14)18-7-4-12-21(18)19(22)16-10-8-15(13-20)9-11-16/h2-3,5-6,8-11,18H,4,7,12-13,20H2,1H3. The number of rotatable bonds is 3. The number of nitrogens with two attached hydrogens (primary N) is 1. The molecule has 3 rings (SSSR count). The summed E-state index contributed by atoms with van der Waals surface area (Å²) in [5.74, 6) is 0.120. The fraction of sp³-hybridized carbons (Fsp3) is 0.316. The van der Waals surface area contributed by atoms with Crippen LogP contribution >= 0.6 is 0 Å². The number of amides is 1. The van der Waals surface area contributed by atoms with Gasteiger partial charge in [-0.1, -0.05) is 36.4 Å². The number of nitrogens with zero attached hydrogens (tertiary/aromatic N) is 1. The summed E-state index contributed by atoms with van der Waals surface area (Å²) in [4.78, 5) is 14.8. The van der Waals surface area contributed by atoms with Gasteiger partial charge in [-0.3, -0.25) is 4.79 Å². The maximum absolute atomic E-state index is 12.8. The van der Waals surface area contributed by atoms with Crippen molar-refractivity contribution >= 4 is 5.91 Å². The Balaban J connectivity index is 1.86. The summed E-state index contributed by atoms with van der Waals surface area (Å²) in [5, 5.41) is 0. The average Bonchev–Trinajstić information content (AvgIpc) is 3.04. The minimum absolute atomic E-state index is 0.120. The number of benzene rings is 2. The first kappa shape index (κ1) is 14.8. The molecule has 3 nitrogen and oxygen atoms in total. The van der Waals surface area contributed by atoms with Crippen molar-refractivity contribution in [2.45, 2.75) is 32.4 Å². The van der Waals surface area contributed by atoms with Gasteiger partial charge in [0, 0.05) is 18.7 Å². The van der Waals surface area contributed by atoms with E-state index in [1.165, 1.54) is 11.1 Å². The van der Waals surface area contributed by atoms with E-state index in [0.29, 0.717) is 6.54 Å². The molecule has 1 fully saturated rings. The third kappa shape index (κ3) is 2.77. The number of hydrogen-bond donors (Lipinski definition) is 1. The van der Waals surface area contributed by atoms with Crippen molar-refractivity contribution in [1.82, 2.24) is 4.90 Å². The zero-order valence-electron chi connectivity index (χ0n) is 13.0. The maximum Gasteiger partial charge on any atom is 0.254 e. The van der Waals surface area contributed by atoms with Gasteiger partial charge in [-0.25, -0.2) is 0 Å². The van der Waals surface area contributed by atoms with E-state index < -0.39 is 0 Å². The second kappa shape index (κ2) is 6.32. The molecule has 22 heavy (non-hydrogen) atoms. The van der Waals surface area contributed by atoms with Gasteiger partial charge in [0.2, 0.25) is 0 Å². The predicted octanol–water partition coefficient (Wildman–Crippen LogP) is 3.43. The Labute approximate surface area is 131 Å². The van der Waals surface area contributed by atoms with Gasteiger partial charge in [-0.15, -0.1) is 0 Å². The maximum atomic E-state index is 12.8. The van der Waals surface area contributed by atoms with Gasteiger partial charge in [0.15, 0.2) is 0 Å². The molecule has 0 aromatic heterocycles. The smallest absolute Gasteiger partial charge is 0.254 e. The van der Waals surface area contributed by atoms with Crippen LogP contribution < -0.4 is 5.73 Å². The second-order valence-electron chi connectivity index (χ2n) is 5.91. The third-order valence-corrected chi connectivity index (χ3v) is 4.50. The summed E-state index contributed by atoms with van der Waals surface area (Å²) in [6, 6.07) is 16.2. The van der Waals surface area contributed by atoms with Crippen LogP contribution in [0.5, 0.6) is 0 Å². The molecule has 1 saturated heterocycles. The zero-order chi connectivity index (χ0) is 15.5. The Hall–Kier alpha value is -2.13. The highest BCUT2D eigenvalue weighted by atomic mass is 16.2. The van der Waals surface area contributed by atoms with Crippen LogP contribution in [0.3, 0.4) is 0 Å². The first-order chi connectivity index (χ1) is 10.7. The van der Waals surface area contributed by atoms with E-state index in [0.717, 1.165) is 30.5 Å². The Morgan fingerprint density at radius 2 is 1.91 bits per heavy atom. The van der Waals surface area contributed by atoms with E-state index in [4.69, 9.17) is 5.73 Å². The first-order valence-electron chi connectivity index (χ1n) is 7.86. The van der Waals surface area contributed by atoms with Gasteiger partial charge >= 0.3 is 0 Å².